The third-order valence-corrected chi connectivity index (χ3v) is 4.23. The Morgan fingerprint density at radius 3 is 3.09 bits per heavy atom. The molecule has 3 heterocycles. The molecule has 0 bridgehead atoms. The quantitative estimate of drug-likeness (QED) is 0.760. The number of aromatic amines is 1. The molecule has 1 saturated carbocycles. The van der Waals surface area contributed by atoms with Crippen LogP contribution in [0.5, 0.6) is 5.88 Å². The van der Waals surface area contributed by atoms with Gasteiger partial charge in [-0.05, 0) is 25.3 Å². The van der Waals surface area contributed by atoms with Gasteiger partial charge in [0.25, 0.3) is 0 Å². The summed E-state index contributed by atoms with van der Waals surface area (Å²) in [6.45, 7) is 0. The molecule has 0 radical (unpaired) electrons. The van der Waals surface area contributed by atoms with Crippen molar-refractivity contribution in [2.75, 3.05) is 0 Å². The maximum atomic E-state index is 6.66. The number of ether oxygens (including phenoxy) is 1. The molecule has 0 aliphatic heterocycles. The summed E-state index contributed by atoms with van der Waals surface area (Å²) in [4.78, 5) is 12.7. The van der Waals surface area contributed by atoms with Crippen LogP contribution < -0.4 is 10.5 Å². The number of nitrogens with one attached hydrogen (secondary N) is 1. The molecule has 1 fully saturated rings. The van der Waals surface area contributed by atoms with E-state index in [-0.39, 0.29) is 6.10 Å². The standard InChI is InChI=1S/C15H16N6O/c16-15(12-6-11-10(7-19-12)8-20-21-11)3-1-2-13(15)22-14-9-17-4-5-18-14/h4-9,13H,1-3,16H2,(H,20,21). The summed E-state index contributed by atoms with van der Waals surface area (Å²) in [6.07, 6.45) is 10.9. The van der Waals surface area contributed by atoms with Gasteiger partial charge in [-0.1, -0.05) is 0 Å². The molecule has 0 spiro atoms. The molecule has 3 aromatic rings. The zero-order valence-corrected chi connectivity index (χ0v) is 11.9. The monoisotopic (exact) mass is 296 g/mol. The van der Waals surface area contributed by atoms with E-state index in [1.807, 2.05) is 12.3 Å². The van der Waals surface area contributed by atoms with Gasteiger partial charge in [0.05, 0.1) is 22.9 Å². The van der Waals surface area contributed by atoms with Crippen molar-refractivity contribution in [1.82, 2.24) is 25.1 Å². The molecule has 3 aromatic heterocycles. The van der Waals surface area contributed by atoms with Gasteiger partial charge in [-0.3, -0.25) is 15.1 Å². The van der Waals surface area contributed by atoms with Gasteiger partial charge in [-0.2, -0.15) is 5.10 Å². The second-order valence-electron chi connectivity index (χ2n) is 5.60. The van der Waals surface area contributed by atoms with Gasteiger partial charge in [-0.25, -0.2) is 4.98 Å². The molecule has 22 heavy (non-hydrogen) atoms. The highest BCUT2D eigenvalue weighted by molar-refractivity contribution is 5.77. The highest BCUT2D eigenvalue weighted by Crippen LogP contribution is 2.38. The number of nitrogens with zero attached hydrogens (tertiary/aromatic N) is 4. The van der Waals surface area contributed by atoms with Gasteiger partial charge in [-0.15, -0.1) is 0 Å². The number of hydrogen-bond donors (Lipinski definition) is 2. The third kappa shape index (κ3) is 2.10. The molecule has 0 amide bonds. The van der Waals surface area contributed by atoms with E-state index in [4.69, 9.17) is 10.5 Å². The van der Waals surface area contributed by atoms with Crippen LogP contribution >= 0.6 is 0 Å². The predicted octanol–water partition coefficient (Wildman–Crippen LogP) is 1.53. The summed E-state index contributed by atoms with van der Waals surface area (Å²) in [6, 6.07) is 1.93. The summed E-state index contributed by atoms with van der Waals surface area (Å²) in [7, 11) is 0. The number of hydrogen-bond acceptors (Lipinski definition) is 6. The van der Waals surface area contributed by atoms with Crippen molar-refractivity contribution in [1.29, 1.82) is 0 Å². The molecule has 7 nitrogen and oxygen atoms in total. The van der Waals surface area contributed by atoms with Gasteiger partial charge < -0.3 is 10.5 Å². The Morgan fingerprint density at radius 2 is 2.23 bits per heavy atom. The first kappa shape index (κ1) is 13.1. The number of nitrogens with two attached hydrogens (primary N) is 1. The van der Waals surface area contributed by atoms with Crippen LogP contribution in [0.1, 0.15) is 25.0 Å². The SMILES string of the molecule is NC1(c2cc3n[nH]cc3cn2)CCCC1Oc1cnccn1. The molecule has 0 aromatic carbocycles. The summed E-state index contributed by atoms with van der Waals surface area (Å²) >= 11 is 0. The second kappa shape index (κ2) is 5.03. The Bertz CT molecular complexity index is 789. The number of aromatic nitrogens is 5. The lowest BCUT2D eigenvalue weighted by Gasteiger charge is -2.30. The highest BCUT2D eigenvalue weighted by Gasteiger charge is 2.44. The average molecular weight is 296 g/mol. The van der Waals surface area contributed by atoms with Gasteiger partial charge in [0.2, 0.25) is 5.88 Å². The maximum Gasteiger partial charge on any atom is 0.232 e. The summed E-state index contributed by atoms with van der Waals surface area (Å²) < 4.78 is 5.97. The molecular formula is C15H16N6O. The normalized spacial score (nSPS) is 24.7. The van der Waals surface area contributed by atoms with Gasteiger partial charge in [0.15, 0.2) is 0 Å². The third-order valence-electron chi connectivity index (χ3n) is 4.23. The van der Waals surface area contributed by atoms with Crippen LogP contribution in [0.4, 0.5) is 0 Å². The molecule has 2 atom stereocenters. The van der Waals surface area contributed by atoms with Crippen LogP contribution in [0.25, 0.3) is 10.9 Å². The molecular weight excluding hydrogens is 280 g/mol. The van der Waals surface area contributed by atoms with E-state index in [1.54, 1.807) is 24.8 Å². The Labute approximate surface area is 126 Å². The fourth-order valence-electron chi connectivity index (χ4n) is 3.04. The highest BCUT2D eigenvalue weighted by atomic mass is 16.5. The minimum Gasteiger partial charge on any atom is -0.471 e. The van der Waals surface area contributed by atoms with E-state index in [0.717, 1.165) is 35.9 Å². The largest absolute Gasteiger partial charge is 0.471 e. The summed E-state index contributed by atoms with van der Waals surface area (Å²) in [5.74, 6) is 0.491. The summed E-state index contributed by atoms with van der Waals surface area (Å²) in [5.41, 5.74) is 7.69. The van der Waals surface area contributed by atoms with E-state index in [2.05, 4.69) is 25.1 Å². The first-order valence-corrected chi connectivity index (χ1v) is 7.27. The zero-order valence-electron chi connectivity index (χ0n) is 11.9. The minimum atomic E-state index is -0.634. The maximum absolute atomic E-state index is 6.66. The van der Waals surface area contributed by atoms with Crippen molar-refractivity contribution >= 4 is 10.9 Å². The molecule has 1 aliphatic carbocycles. The molecule has 112 valence electrons. The van der Waals surface area contributed by atoms with Crippen molar-refractivity contribution < 1.29 is 4.74 Å². The smallest absolute Gasteiger partial charge is 0.232 e. The molecule has 1 aliphatic rings. The van der Waals surface area contributed by atoms with Crippen molar-refractivity contribution in [3.63, 3.8) is 0 Å². The van der Waals surface area contributed by atoms with Crippen LogP contribution in [0.15, 0.2) is 37.1 Å². The fourth-order valence-corrected chi connectivity index (χ4v) is 3.04. The Morgan fingerprint density at radius 1 is 1.27 bits per heavy atom. The average Bonchev–Trinajstić information content (AvgIpc) is 3.15. The Hall–Kier alpha value is -2.54. The van der Waals surface area contributed by atoms with Crippen molar-refractivity contribution in [3.8, 4) is 5.88 Å². The van der Waals surface area contributed by atoms with E-state index >= 15 is 0 Å². The number of pyridine rings is 1. The van der Waals surface area contributed by atoms with Crippen LogP contribution in [0.2, 0.25) is 0 Å². The number of H-pyrrole nitrogens is 1. The second-order valence-corrected chi connectivity index (χ2v) is 5.60. The minimum absolute atomic E-state index is 0.173. The van der Waals surface area contributed by atoms with Crippen molar-refractivity contribution in [3.05, 3.63) is 42.7 Å². The molecule has 4 rings (SSSR count). The van der Waals surface area contributed by atoms with Crippen molar-refractivity contribution in [2.45, 2.75) is 30.9 Å². The molecule has 7 heteroatoms. The van der Waals surface area contributed by atoms with Gasteiger partial charge in [0.1, 0.15) is 6.10 Å². The number of rotatable bonds is 3. The summed E-state index contributed by atoms with van der Waals surface area (Å²) in [5, 5.41) is 8.02. The molecule has 3 N–H and O–H groups in total. The Kier molecular flexibility index (Phi) is 3.00. The van der Waals surface area contributed by atoms with Crippen molar-refractivity contribution in [2.24, 2.45) is 5.73 Å². The zero-order chi connectivity index (χ0) is 15.0. The first-order chi connectivity index (χ1) is 10.8. The molecule has 0 saturated heterocycles. The van der Waals surface area contributed by atoms with Gasteiger partial charge in [0, 0.05) is 30.2 Å². The van der Waals surface area contributed by atoms with Crippen LogP contribution in [-0.2, 0) is 5.54 Å². The predicted molar refractivity (Wildman–Crippen MR) is 80.1 cm³/mol. The van der Waals surface area contributed by atoms with E-state index in [0.29, 0.717) is 5.88 Å². The molecule has 2 unspecified atom stereocenters. The van der Waals surface area contributed by atoms with E-state index in [1.165, 1.54) is 0 Å². The lowest BCUT2D eigenvalue weighted by molar-refractivity contribution is 0.125. The fraction of sp³-hybridized carbons (Fsp3) is 0.333. The van der Waals surface area contributed by atoms with E-state index < -0.39 is 5.54 Å². The van der Waals surface area contributed by atoms with Crippen LogP contribution in [-0.4, -0.2) is 31.3 Å². The van der Waals surface area contributed by atoms with Crippen LogP contribution in [0.3, 0.4) is 0 Å². The lowest BCUT2D eigenvalue weighted by atomic mass is 9.91. The topological polar surface area (TPSA) is 103 Å². The Balaban J connectivity index is 1.68. The lowest BCUT2D eigenvalue weighted by Crippen LogP contribution is -2.47. The first-order valence-electron chi connectivity index (χ1n) is 7.27. The van der Waals surface area contributed by atoms with Crippen LogP contribution in [0, 0.1) is 0 Å². The van der Waals surface area contributed by atoms with Gasteiger partial charge >= 0.3 is 0 Å². The van der Waals surface area contributed by atoms with E-state index in [9.17, 15) is 0 Å². The number of fused-ring (bicyclic) bond motifs is 1.